The second kappa shape index (κ2) is 6.23. The predicted octanol–water partition coefficient (Wildman–Crippen LogP) is 0.460. The number of likely N-dealkylation sites (N-methyl/N-ethyl adjacent to an activating group) is 2. The fraction of sp³-hybridized carbons (Fsp3) is 0.500. The number of ether oxygens (including phenoxy) is 1. The van der Waals surface area contributed by atoms with Crippen LogP contribution in [0.1, 0.15) is 0 Å². The van der Waals surface area contributed by atoms with Crippen LogP contribution >= 0.6 is 0 Å². The van der Waals surface area contributed by atoms with E-state index in [1.54, 1.807) is 7.05 Å². The minimum absolute atomic E-state index is 0.180. The lowest BCUT2D eigenvalue weighted by Gasteiger charge is -2.20. The Balaban J connectivity index is 2.99. The van der Waals surface area contributed by atoms with E-state index in [-0.39, 0.29) is 4.90 Å². The van der Waals surface area contributed by atoms with Gasteiger partial charge in [0, 0.05) is 26.2 Å². The van der Waals surface area contributed by atoms with Crippen LogP contribution in [0.15, 0.2) is 23.1 Å². The van der Waals surface area contributed by atoms with Gasteiger partial charge in [0.2, 0.25) is 10.0 Å². The molecule has 1 aromatic rings. The van der Waals surface area contributed by atoms with Crippen LogP contribution in [0, 0.1) is 0 Å². The third-order valence-electron chi connectivity index (χ3n) is 2.78. The summed E-state index contributed by atoms with van der Waals surface area (Å²) in [6.45, 7) is 1.07. The monoisotopic (exact) mass is 287 g/mol. The molecule has 1 aromatic carbocycles. The lowest BCUT2D eigenvalue weighted by atomic mass is 10.3. The zero-order valence-electron chi connectivity index (χ0n) is 11.8. The van der Waals surface area contributed by atoms with Crippen LogP contribution in [0.4, 0.5) is 5.69 Å². The normalized spacial score (nSPS) is 12.1. The molecule has 7 heteroatoms. The zero-order chi connectivity index (χ0) is 14.6. The second-order valence-corrected chi connectivity index (χ2v) is 6.58. The Hall–Kier alpha value is -1.31. The first-order valence-electron chi connectivity index (χ1n) is 5.83. The minimum Gasteiger partial charge on any atom is -0.495 e. The number of hydrogen-bond acceptors (Lipinski definition) is 5. The molecule has 0 saturated heterocycles. The summed E-state index contributed by atoms with van der Waals surface area (Å²) in [5, 5.41) is 0. The lowest BCUT2D eigenvalue weighted by molar-refractivity contribution is 0.358. The molecule has 19 heavy (non-hydrogen) atoms. The maximum Gasteiger partial charge on any atom is 0.242 e. The van der Waals surface area contributed by atoms with Gasteiger partial charge in [0.1, 0.15) is 5.75 Å². The number of nitrogen functional groups attached to an aromatic ring is 1. The molecular weight excluding hydrogens is 266 g/mol. The van der Waals surface area contributed by atoms with E-state index in [4.69, 9.17) is 10.5 Å². The Morgan fingerprint density at radius 3 is 2.37 bits per heavy atom. The quantitative estimate of drug-likeness (QED) is 0.769. The van der Waals surface area contributed by atoms with Crippen LogP contribution in [0.25, 0.3) is 0 Å². The highest BCUT2D eigenvalue weighted by Crippen LogP contribution is 2.26. The summed E-state index contributed by atoms with van der Waals surface area (Å²) < 4.78 is 31.0. The number of sulfonamides is 1. The number of hydrogen-bond donors (Lipinski definition) is 1. The Bertz CT molecular complexity index is 529. The van der Waals surface area contributed by atoms with Gasteiger partial charge >= 0.3 is 0 Å². The van der Waals surface area contributed by atoms with Gasteiger partial charge in [0.15, 0.2) is 0 Å². The first-order valence-corrected chi connectivity index (χ1v) is 7.27. The number of anilines is 1. The Morgan fingerprint density at radius 1 is 1.21 bits per heavy atom. The Morgan fingerprint density at radius 2 is 1.84 bits per heavy atom. The van der Waals surface area contributed by atoms with E-state index in [1.165, 1.54) is 29.6 Å². The summed E-state index contributed by atoms with van der Waals surface area (Å²) in [7, 11) is 3.29. The molecule has 0 aliphatic heterocycles. The number of rotatable bonds is 6. The minimum atomic E-state index is -3.51. The summed E-state index contributed by atoms with van der Waals surface area (Å²) in [4.78, 5) is 2.11. The number of nitrogens with zero attached hydrogens (tertiary/aromatic N) is 2. The molecular formula is C12H21N3O3S. The van der Waals surface area contributed by atoms with Crippen molar-refractivity contribution >= 4 is 15.7 Å². The summed E-state index contributed by atoms with van der Waals surface area (Å²) in [5.74, 6) is 0.363. The van der Waals surface area contributed by atoms with Gasteiger partial charge in [-0.3, -0.25) is 0 Å². The number of nitrogens with two attached hydrogens (primary N) is 1. The van der Waals surface area contributed by atoms with Gasteiger partial charge in [-0.1, -0.05) is 0 Å². The van der Waals surface area contributed by atoms with Gasteiger partial charge < -0.3 is 15.4 Å². The van der Waals surface area contributed by atoms with Gasteiger partial charge in [0.05, 0.1) is 17.7 Å². The molecule has 0 aliphatic rings. The largest absolute Gasteiger partial charge is 0.495 e. The third-order valence-corrected chi connectivity index (χ3v) is 4.63. The SMILES string of the molecule is COc1cc(S(=O)(=O)N(C)CCN(C)C)ccc1N. The van der Waals surface area contributed by atoms with Crippen LogP contribution < -0.4 is 10.5 Å². The molecule has 0 radical (unpaired) electrons. The van der Waals surface area contributed by atoms with E-state index in [9.17, 15) is 8.42 Å². The first-order chi connectivity index (χ1) is 8.78. The van der Waals surface area contributed by atoms with Gasteiger partial charge in [-0.05, 0) is 26.2 Å². The highest BCUT2D eigenvalue weighted by Gasteiger charge is 2.21. The molecule has 0 bridgehead atoms. The number of methoxy groups -OCH3 is 1. The van der Waals surface area contributed by atoms with Crippen molar-refractivity contribution in [3.63, 3.8) is 0 Å². The molecule has 108 valence electrons. The highest BCUT2D eigenvalue weighted by molar-refractivity contribution is 7.89. The Labute approximate surface area is 114 Å². The fourth-order valence-electron chi connectivity index (χ4n) is 1.49. The molecule has 0 unspecified atom stereocenters. The van der Waals surface area contributed by atoms with Gasteiger partial charge in [-0.25, -0.2) is 8.42 Å². The summed E-state index contributed by atoms with van der Waals surface area (Å²) >= 11 is 0. The van der Waals surface area contributed by atoms with Crippen molar-refractivity contribution in [1.82, 2.24) is 9.21 Å². The maximum absolute atomic E-state index is 12.3. The molecule has 0 heterocycles. The fourth-order valence-corrected chi connectivity index (χ4v) is 2.67. The highest BCUT2D eigenvalue weighted by atomic mass is 32.2. The average molecular weight is 287 g/mol. The van der Waals surface area contributed by atoms with Gasteiger partial charge in [-0.2, -0.15) is 4.31 Å². The molecule has 0 saturated carbocycles. The topological polar surface area (TPSA) is 75.9 Å². The maximum atomic E-state index is 12.3. The van der Waals surface area contributed by atoms with Crippen LogP contribution in [0.5, 0.6) is 5.75 Å². The summed E-state index contributed by atoms with van der Waals surface area (Å²) in [6.07, 6.45) is 0. The zero-order valence-corrected chi connectivity index (χ0v) is 12.6. The lowest BCUT2D eigenvalue weighted by Crippen LogP contribution is -2.33. The van der Waals surface area contributed by atoms with Crippen LogP contribution in [-0.4, -0.2) is 59.0 Å². The van der Waals surface area contributed by atoms with E-state index in [0.29, 0.717) is 24.5 Å². The Kier molecular flexibility index (Phi) is 5.16. The van der Waals surface area contributed by atoms with E-state index in [0.717, 1.165) is 0 Å². The van der Waals surface area contributed by atoms with E-state index in [1.807, 2.05) is 19.0 Å². The van der Waals surface area contributed by atoms with Crippen molar-refractivity contribution in [3.05, 3.63) is 18.2 Å². The van der Waals surface area contributed by atoms with Crippen molar-refractivity contribution in [3.8, 4) is 5.75 Å². The van der Waals surface area contributed by atoms with Gasteiger partial charge in [0.25, 0.3) is 0 Å². The van der Waals surface area contributed by atoms with Crippen LogP contribution in [0.3, 0.4) is 0 Å². The van der Waals surface area contributed by atoms with E-state index < -0.39 is 10.0 Å². The molecule has 0 spiro atoms. The molecule has 0 aliphatic carbocycles. The molecule has 1 rings (SSSR count). The summed E-state index contributed by atoms with van der Waals surface area (Å²) in [6, 6.07) is 4.46. The third kappa shape index (κ3) is 3.82. The van der Waals surface area contributed by atoms with Crippen molar-refractivity contribution < 1.29 is 13.2 Å². The molecule has 0 aromatic heterocycles. The second-order valence-electron chi connectivity index (χ2n) is 4.53. The predicted molar refractivity (Wildman–Crippen MR) is 75.8 cm³/mol. The van der Waals surface area contributed by atoms with Crippen molar-refractivity contribution in [1.29, 1.82) is 0 Å². The van der Waals surface area contributed by atoms with Crippen molar-refractivity contribution in [2.24, 2.45) is 0 Å². The molecule has 6 nitrogen and oxygen atoms in total. The number of benzene rings is 1. The molecule has 0 amide bonds. The van der Waals surface area contributed by atoms with E-state index in [2.05, 4.69) is 0 Å². The first kappa shape index (κ1) is 15.7. The molecule has 0 fully saturated rings. The van der Waals surface area contributed by atoms with Crippen LogP contribution in [-0.2, 0) is 10.0 Å². The molecule has 2 N–H and O–H groups in total. The average Bonchev–Trinajstić information content (AvgIpc) is 2.35. The van der Waals surface area contributed by atoms with E-state index >= 15 is 0 Å². The summed E-state index contributed by atoms with van der Waals surface area (Å²) in [5.41, 5.74) is 6.09. The van der Waals surface area contributed by atoms with Crippen LogP contribution in [0.2, 0.25) is 0 Å². The van der Waals surface area contributed by atoms with Crippen molar-refractivity contribution in [2.45, 2.75) is 4.90 Å². The standard InChI is InChI=1S/C12H21N3O3S/c1-14(2)7-8-15(3)19(16,17)10-5-6-11(13)12(9-10)18-4/h5-6,9H,7-8,13H2,1-4H3. The smallest absolute Gasteiger partial charge is 0.242 e. The van der Waals surface area contributed by atoms with Crippen molar-refractivity contribution in [2.75, 3.05) is 47.1 Å². The molecule has 0 atom stereocenters. The van der Waals surface area contributed by atoms with Gasteiger partial charge in [-0.15, -0.1) is 0 Å².